The summed E-state index contributed by atoms with van der Waals surface area (Å²) in [6.45, 7) is 0.806. The minimum atomic E-state index is -0.504. The molecule has 5 rings (SSSR count). The molecular formula is C23H16N6O6S. The number of nitro groups is 1. The van der Waals surface area contributed by atoms with Gasteiger partial charge in [-0.05, 0) is 54.2 Å². The number of anilines is 1. The van der Waals surface area contributed by atoms with Crippen molar-refractivity contribution in [3.8, 4) is 23.0 Å². The Hall–Kier alpha value is -4.78. The second-order valence-corrected chi connectivity index (χ2v) is 8.17. The highest BCUT2D eigenvalue weighted by atomic mass is 32.2. The number of nitrogens with one attached hydrogen (secondary N) is 1. The molecule has 0 saturated carbocycles. The Morgan fingerprint density at radius 1 is 1.00 bits per heavy atom. The van der Waals surface area contributed by atoms with Crippen molar-refractivity contribution in [1.29, 1.82) is 0 Å². The Bertz CT molecular complexity index is 1440. The summed E-state index contributed by atoms with van der Waals surface area (Å²) in [6.07, 6.45) is 3.19. The van der Waals surface area contributed by atoms with Gasteiger partial charge in [-0.2, -0.15) is 5.10 Å². The van der Waals surface area contributed by atoms with Gasteiger partial charge in [0.1, 0.15) is 13.2 Å². The van der Waals surface area contributed by atoms with Gasteiger partial charge in [-0.25, -0.2) is 0 Å². The molecule has 0 radical (unpaired) electrons. The number of Topliss-reactive ketones (excluding diaryl/α,β-unsaturated/α-hetero) is 1. The number of fused-ring (bicyclic) bond motifs is 1. The van der Waals surface area contributed by atoms with E-state index < -0.39 is 10.7 Å². The molecule has 1 N–H and O–H groups in total. The highest BCUT2D eigenvalue weighted by Crippen LogP contribution is 2.32. The molecule has 0 aliphatic carbocycles. The number of non-ortho nitro benzene ring substituents is 1. The minimum absolute atomic E-state index is 0.00467. The third-order valence-electron chi connectivity index (χ3n) is 4.88. The van der Waals surface area contributed by atoms with Gasteiger partial charge >= 0.3 is 0 Å². The van der Waals surface area contributed by atoms with Crippen molar-refractivity contribution in [3.05, 3.63) is 82.7 Å². The molecule has 36 heavy (non-hydrogen) atoms. The van der Waals surface area contributed by atoms with E-state index in [0.29, 0.717) is 41.5 Å². The molecule has 0 atom stereocenters. The van der Waals surface area contributed by atoms with E-state index in [9.17, 15) is 14.9 Å². The van der Waals surface area contributed by atoms with E-state index in [4.69, 9.17) is 13.9 Å². The zero-order valence-electron chi connectivity index (χ0n) is 18.4. The Labute approximate surface area is 207 Å². The highest BCUT2D eigenvalue weighted by Gasteiger charge is 2.23. The maximum atomic E-state index is 13.4. The lowest BCUT2D eigenvalue weighted by Crippen LogP contribution is -2.17. The molecule has 0 bridgehead atoms. The van der Waals surface area contributed by atoms with Crippen molar-refractivity contribution < 1.29 is 23.6 Å². The number of nitro benzene ring substituents is 1. The molecule has 2 aromatic heterocycles. The van der Waals surface area contributed by atoms with Crippen molar-refractivity contribution in [3.63, 3.8) is 0 Å². The van der Waals surface area contributed by atoms with Gasteiger partial charge in [-0.15, -0.1) is 10.2 Å². The quantitative estimate of drug-likeness (QED) is 0.0960. The summed E-state index contributed by atoms with van der Waals surface area (Å²) in [6, 6.07) is 13.9. The van der Waals surface area contributed by atoms with Crippen LogP contribution in [0.3, 0.4) is 0 Å². The largest absolute Gasteiger partial charge is 0.486 e. The first-order chi connectivity index (χ1) is 17.6. The maximum Gasteiger partial charge on any atom is 0.283 e. The lowest BCUT2D eigenvalue weighted by atomic mass is 10.1. The smallest absolute Gasteiger partial charge is 0.283 e. The third-order valence-corrected chi connectivity index (χ3v) is 5.69. The normalized spacial score (nSPS) is 12.7. The SMILES string of the molecule is O=C(/C(=N\Nc1ccc([N+](=O)[O-])cc1)Sc1nnc(-c2ccncc2)o1)c1ccc2c(c1)OCCO2. The van der Waals surface area contributed by atoms with Crippen LogP contribution in [0.5, 0.6) is 11.5 Å². The molecule has 3 heterocycles. The van der Waals surface area contributed by atoms with Gasteiger partial charge in [0.05, 0.1) is 10.6 Å². The number of hydrazone groups is 1. The number of pyridine rings is 1. The van der Waals surface area contributed by atoms with E-state index >= 15 is 0 Å². The van der Waals surface area contributed by atoms with Gasteiger partial charge < -0.3 is 13.9 Å². The van der Waals surface area contributed by atoms with E-state index in [-0.39, 0.29) is 21.8 Å². The molecule has 2 aromatic carbocycles. The first-order valence-corrected chi connectivity index (χ1v) is 11.3. The number of hydrogen-bond donors (Lipinski definition) is 1. The van der Waals surface area contributed by atoms with Gasteiger partial charge in [0.15, 0.2) is 16.5 Å². The Balaban J connectivity index is 1.43. The second kappa shape index (κ2) is 10.2. The maximum absolute atomic E-state index is 13.4. The topological polar surface area (TPSA) is 155 Å². The second-order valence-electron chi connectivity index (χ2n) is 7.23. The fourth-order valence-electron chi connectivity index (χ4n) is 3.15. The van der Waals surface area contributed by atoms with Crippen molar-refractivity contribution in [2.45, 2.75) is 5.22 Å². The zero-order valence-corrected chi connectivity index (χ0v) is 19.2. The zero-order chi connectivity index (χ0) is 24.9. The summed E-state index contributed by atoms with van der Waals surface area (Å²) in [5, 5.41) is 23.3. The summed E-state index contributed by atoms with van der Waals surface area (Å²) in [7, 11) is 0. The molecule has 0 saturated heterocycles. The number of thioether (sulfide) groups is 1. The van der Waals surface area contributed by atoms with Gasteiger partial charge in [0, 0.05) is 35.7 Å². The number of hydrogen-bond acceptors (Lipinski definition) is 12. The molecule has 1 aliphatic heterocycles. The molecule has 1 aliphatic rings. The first-order valence-electron chi connectivity index (χ1n) is 10.5. The number of aromatic nitrogens is 3. The van der Waals surface area contributed by atoms with E-state index in [1.165, 1.54) is 24.3 Å². The number of nitrogens with zero attached hydrogens (tertiary/aromatic N) is 5. The predicted octanol–water partition coefficient (Wildman–Crippen LogP) is 4.21. The fraction of sp³-hybridized carbons (Fsp3) is 0.0870. The van der Waals surface area contributed by atoms with Crippen LogP contribution in [0.4, 0.5) is 11.4 Å². The van der Waals surface area contributed by atoms with Crippen LogP contribution in [0.2, 0.25) is 0 Å². The molecule has 0 spiro atoms. The van der Waals surface area contributed by atoms with Crippen molar-refractivity contribution in [2.75, 3.05) is 18.6 Å². The van der Waals surface area contributed by atoms with Crippen molar-refractivity contribution in [2.24, 2.45) is 5.10 Å². The number of carbonyl (C=O) groups excluding carboxylic acids is 1. The minimum Gasteiger partial charge on any atom is -0.486 e. The van der Waals surface area contributed by atoms with E-state index in [1.807, 2.05) is 0 Å². The molecule has 0 amide bonds. The summed E-state index contributed by atoms with van der Waals surface area (Å²) in [5.41, 5.74) is 4.11. The summed E-state index contributed by atoms with van der Waals surface area (Å²) < 4.78 is 16.8. The van der Waals surface area contributed by atoms with Crippen LogP contribution in [0.15, 0.2) is 81.7 Å². The summed E-state index contributed by atoms with van der Waals surface area (Å²) in [4.78, 5) is 27.8. The van der Waals surface area contributed by atoms with Crippen LogP contribution in [-0.2, 0) is 0 Å². The fourth-order valence-corrected chi connectivity index (χ4v) is 3.82. The van der Waals surface area contributed by atoms with Crippen LogP contribution in [0.1, 0.15) is 10.4 Å². The van der Waals surface area contributed by atoms with Gasteiger partial charge in [0.2, 0.25) is 11.7 Å². The Morgan fingerprint density at radius 2 is 1.75 bits per heavy atom. The number of carbonyl (C=O) groups is 1. The number of rotatable bonds is 7. The Morgan fingerprint density at radius 3 is 2.50 bits per heavy atom. The van der Waals surface area contributed by atoms with Gasteiger partial charge in [-0.3, -0.25) is 25.3 Å². The third kappa shape index (κ3) is 5.15. The number of ketones is 1. The van der Waals surface area contributed by atoms with Gasteiger partial charge in [0.25, 0.3) is 10.9 Å². The van der Waals surface area contributed by atoms with Crippen LogP contribution in [0.25, 0.3) is 11.5 Å². The van der Waals surface area contributed by atoms with E-state index in [0.717, 1.165) is 11.8 Å². The average Bonchev–Trinajstić information content (AvgIpc) is 3.40. The van der Waals surface area contributed by atoms with Crippen molar-refractivity contribution >= 4 is 34.0 Å². The predicted molar refractivity (Wildman–Crippen MR) is 129 cm³/mol. The first kappa shape index (κ1) is 23.0. The molecule has 0 fully saturated rings. The standard InChI is InChI=1S/C23H16N6O6S/c30-20(15-1-6-18-19(13-15)34-12-11-33-18)22(27-25-16-2-4-17(5-3-16)29(31)32)36-23-28-26-21(35-23)14-7-9-24-10-8-14/h1-10,13,25H,11-12H2/b27-22+. The van der Waals surface area contributed by atoms with E-state index in [2.05, 4.69) is 25.7 Å². The van der Waals surface area contributed by atoms with Crippen LogP contribution < -0.4 is 14.9 Å². The molecule has 180 valence electrons. The molecule has 4 aromatic rings. The van der Waals surface area contributed by atoms with Gasteiger partial charge in [-0.1, -0.05) is 0 Å². The molecular weight excluding hydrogens is 488 g/mol. The molecule has 0 unspecified atom stereocenters. The van der Waals surface area contributed by atoms with Crippen LogP contribution >= 0.6 is 11.8 Å². The lowest BCUT2D eigenvalue weighted by Gasteiger charge is -2.18. The van der Waals surface area contributed by atoms with Crippen LogP contribution in [0, 0.1) is 10.1 Å². The number of ether oxygens (including phenoxy) is 2. The lowest BCUT2D eigenvalue weighted by molar-refractivity contribution is -0.384. The summed E-state index contributed by atoms with van der Waals surface area (Å²) in [5.74, 6) is 0.828. The van der Waals surface area contributed by atoms with Crippen LogP contribution in [-0.4, -0.2) is 44.1 Å². The van der Waals surface area contributed by atoms with E-state index in [1.54, 1.807) is 42.7 Å². The molecule has 12 nitrogen and oxygen atoms in total. The average molecular weight is 504 g/mol. The highest BCUT2D eigenvalue weighted by molar-refractivity contribution is 8.15. The molecule has 13 heteroatoms. The van der Waals surface area contributed by atoms with Crippen molar-refractivity contribution in [1.82, 2.24) is 15.2 Å². The monoisotopic (exact) mass is 504 g/mol. The Kier molecular flexibility index (Phi) is 6.53. The number of benzene rings is 2. The summed E-state index contributed by atoms with van der Waals surface area (Å²) >= 11 is 0.874.